The van der Waals surface area contributed by atoms with Crippen molar-refractivity contribution in [2.24, 2.45) is 11.8 Å². The van der Waals surface area contributed by atoms with Gasteiger partial charge in [0.1, 0.15) is 0 Å². The molecule has 1 aromatic carbocycles. The molecule has 1 aromatic rings. The molecule has 1 fully saturated rings. The van der Waals surface area contributed by atoms with Crippen molar-refractivity contribution in [1.29, 1.82) is 0 Å². The second-order valence-electron chi connectivity index (χ2n) is 5.18. The topological polar surface area (TPSA) is 29.1 Å². The van der Waals surface area contributed by atoms with Crippen LogP contribution in [0.15, 0.2) is 28.7 Å². The molecule has 1 aliphatic rings. The normalized spacial score (nSPS) is 23.1. The third kappa shape index (κ3) is 4.22. The smallest absolute Gasteiger partial charge is 0.251 e. The fourth-order valence-electron chi connectivity index (χ4n) is 2.68. The molecule has 104 valence electrons. The molecule has 2 unspecified atom stereocenters. The summed E-state index contributed by atoms with van der Waals surface area (Å²) in [5, 5.41) is 3.04. The molecule has 0 spiro atoms. The summed E-state index contributed by atoms with van der Waals surface area (Å²) in [5.41, 5.74) is 0.710. The Balaban J connectivity index is 1.87. The van der Waals surface area contributed by atoms with E-state index >= 15 is 0 Å². The van der Waals surface area contributed by atoms with Gasteiger partial charge in [0.15, 0.2) is 0 Å². The SMILES string of the molecule is O=C(NCC1CCCCC1CCl)c1ccc(Br)cc1. The maximum atomic E-state index is 12.0. The Morgan fingerprint density at radius 3 is 2.47 bits per heavy atom. The lowest BCUT2D eigenvalue weighted by Crippen LogP contribution is -2.34. The van der Waals surface area contributed by atoms with Crippen molar-refractivity contribution < 1.29 is 4.79 Å². The summed E-state index contributed by atoms with van der Waals surface area (Å²) >= 11 is 9.37. The van der Waals surface area contributed by atoms with E-state index in [0.29, 0.717) is 23.3 Å². The van der Waals surface area contributed by atoms with Gasteiger partial charge < -0.3 is 5.32 Å². The first-order valence-electron chi connectivity index (χ1n) is 6.80. The minimum Gasteiger partial charge on any atom is -0.352 e. The summed E-state index contributed by atoms with van der Waals surface area (Å²) < 4.78 is 0.985. The Kier molecular flexibility index (Phi) is 5.71. The minimum atomic E-state index is 0.00592. The monoisotopic (exact) mass is 343 g/mol. The zero-order valence-electron chi connectivity index (χ0n) is 10.9. The number of alkyl halides is 1. The first-order valence-corrected chi connectivity index (χ1v) is 8.13. The van der Waals surface area contributed by atoms with Gasteiger partial charge in [-0.3, -0.25) is 4.79 Å². The first-order chi connectivity index (χ1) is 9.20. The highest BCUT2D eigenvalue weighted by atomic mass is 79.9. The standard InChI is InChI=1S/C15H19BrClNO/c16-14-7-5-11(6-8-14)15(19)18-10-13-4-2-1-3-12(13)9-17/h5-8,12-13H,1-4,9-10H2,(H,18,19). The molecule has 0 bridgehead atoms. The third-order valence-corrected chi connectivity index (χ3v) is 4.82. The average Bonchev–Trinajstić information content (AvgIpc) is 2.45. The van der Waals surface area contributed by atoms with Crippen molar-refractivity contribution in [3.05, 3.63) is 34.3 Å². The van der Waals surface area contributed by atoms with Crippen LogP contribution < -0.4 is 5.32 Å². The lowest BCUT2D eigenvalue weighted by Gasteiger charge is -2.30. The summed E-state index contributed by atoms with van der Waals surface area (Å²) in [6.45, 7) is 0.742. The Bertz CT molecular complexity index is 421. The van der Waals surface area contributed by atoms with Crippen LogP contribution in [0.2, 0.25) is 0 Å². The fraction of sp³-hybridized carbons (Fsp3) is 0.533. The number of carbonyl (C=O) groups is 1. The zero-order valence-corrected chi connectivity index (χ0v) is 13.2. The molecule has 4 heteroatoms. The van der Waals surface area contributed by atoms with Gasteiger partial charge in [-0.05, 0) is 48.9 Å². The van der Waals surface area contributed by atoms with E-state index in [1.807, 2.05) is 24.3 Å². The summed E-state index contributed by atoms with van der Waals surface area (Å²) in [6.07, 6.45) is 4.90. The summed E-state index contributed by atoms with van der Waals surface area (Å²) in [7, 11) is 0. The van der Waals surface area contributed by atoms with Crippen molar-refractivity contribution >= 4 is 33.4 Å². The molecule has 1 N–H and O–H groups in total. The molecular weight excluding hydrogens is 326 g/mol. The molecule has 1 amide bonds. The molecular formula is C15H19BrClNO. The molecule has 0 heterocycles. The Morgan fingerprint density at radius 2 is 1.84 bits per heavy atom. The summed E-state index contributed by atoms with van der Waals surface area (Å²) in [5.74, 6) is 1.80. The summed E-state index contributed by atoms with van der Waals surface area (Å²) in [4.78, 5) is 12.0. The van der Waals surface area contributed by atoms with Gasteiger partial charge in [-0.1, -0.05) is 28.8 Å². The van der Waals surface area contributed by atoms with Gasteiger partial charge >= 0.3 is 0 Å². The van der Waals surface area contributed by atoms with Crippen molar-refractivity contribution in [2.75, 3.05) is 12.4 Å². The second kappa shape index (κ2) is 7.30. The van der Waals surface area contributed by atoms with E-state index in [9.17, 15) is 4.79 Å². The molecule has 0 radical (unpaired) electrons. The molecule has 0 aliphatic heterocycles. The van der Waals surface area contributed by atoms with Crippen LogP contribution in [0.25, 0.3) is 0 Å². The van der Waals surface area contributed by atoms with Crippen LogP contribution in [0.3, 0.4) is 0 Å². The molecule has 19 heavy (non-hydrogen) atoms. The Morgan fingerprint density at radius 1 is 1.21 bits per heavy atom. The lowest BCUT2D eigenvalue weighted by atomic mass is 9.80. The maximum absolute atomic E-state index is 12.0. The minimum absolute atomic E-state index is 0.00592. The summed E-state index contributed by atoms with van der Waals surface area (Å²) in [6, 6.07) is 7.44. The molecule has 2 rings (SSSR count). The van der Waals surface area contributed by atoms with Gasteiger partial charge in [-0.25, -0.2) is 0 Å². The van der Waals surface area contributed by atoms with Crippen LogP contribution in [0.1, 0.15) is 36.0 Å². The van der Waals surface area contributed by atoms with E-state index in [4.69, 9.17) is 11.6 Å². The molecule has 2 nitrogen and oxygen atoms in total. The highest BCUT2D eigenvalue weighted by molar-refractivity contribution is 9.10. The van der Waals surface area contributed by atoms with Crippen LogP contribution in [0.4, 0.5) is 0 Å². The van der Waals surface area contributed by atoms with Crippen LogP contribution >= 0.6 is 27.5 Å². The average molecular weight is 345 g/mol. The van der Waals surface area contributed by atoms with Crippen molar-refractivity contribution in [3.8, 4) is 0 Å². The molecule has 2 atom stereocenters. The highest BCUT2D eigenvalue weighted by Crippen LogP contribution is 2.30. The van der Waals surface area contributed by atoms with Gasteiger partial charge in [0.25, 0.3) is 5.91 Å². The van der Waals surface area contributed by atoms with Gasteiger partial charge in [0.05, 0.1) is 0 Å². The van der Waals surface area contributed by atoms with Gasteiger partial charge in [-0.2, -0.15) is 0 Å². The van der Waals surface area contributed by atoms with Crippen molar-refractivity contribution in [1.82, 2.24) is 5.32 Å². The van der Waals surface area contributed by atoms with E-state index < -0.39 is 0 Å². The number of halogens is 2. The number of amides is 1. The molecule has 1 saturated carbocycles. The number of benzene rings is 1. The van der Waals surface area contributed by atoms with Crippen LogP contribution in [-0.2, 0) is 0 Å². The third-order valence-electron chi connectivity index (χ3n) is 3.90. The van der Waals surface area contributed by atoms with Crippen molar-refractivity contribution in [3.63, 3.8) is 0 Å². The number of nitrogens with one attached hydrogen (secondary N) is 1. The maximum Gasteiger partial charge on any atom is 0.251 e. The molecule has 1 aliphatic carbocycles. The fourth-order valence-corrected chi connectivity index (χ4v) is 3.35. The lowest BCUT2D eigenvalue weighted by molar-refractivity contribution is 0.0936. The van der Waals surface area contributed by atoms with Gasteiger partial charge in [0.2, 0.25) is 0 Å². The zero-order chi connectivity index (χ0) is 13.7. The van der Waals surface area contributed by atoms with E-state index in [2.05, 4.69) is 21.2 Å². The number of hydrogen-bond donors (Lipinski definition) is 1. The molecule has 0 aromatic heterocycles. The Hall–Kier alpha value is -0.540. The highest BCUT2D eigenvalue weighted by Gasteiger charge is 2.24. The first kappa shape index (κ1) is 14.9. The van der Waals surface area contributed by atoms with E-state index in [-0.39, 0.29) is 5.91 Å². The van der Waals surface area contributed by atoms with E-state index in [1.54, 1.807) is 0 Å². The number of rotatable bonds is 4. The van der Waals surface area contributed by atoms with Crippen LogP contribution in [0, 0.1) is 11.8 Å². The number of carbonyl (C=O) groups excluding carboxylic acids is 1. The predicted octanol–water partition coefficient (Wildman–Crippen LogP) is 4.22. The Labute approximate surface area is 128 Å². The van der Waals surface area contributed by atoms with Crippen LogP contribution in [-0.4, -0.2) is 18.3 Å². The van der Waals surface area contributed by atoms with Gasteiger partial charge in [0, 0.05) is 22.5 Å². The van der Waals surface area contributed by atoms with Crippen LogP contribution in [0.5, 0.6) is 0 Å². The largest absolute Gasteiger partial charge is 0.352 e. The van der Waals surface area contributed by atoms with Gasteiger partial charge in [-0.15, -0.1) is 11.6 Å². The van der Waals surface area contributed by atoms with E-state index in [0.717, 1.165) is 11.0 Å². The second-order valence-corrected chi connectivity index (χ2v) is 6.40. The van der Waals surface area contributed by atoms with E-state index in [1.165, 1.54) is 25.7 Å². The molecule has 0 saturated heterocycles. The quantitative estimate of drug-likeness (QED) is 0.814. The van der Waals surface area contributed by atoms with Crippen molar-refractivity contribution in [2.45, 2.75) is 25.7 Å². The predicted molar refractivity (Wildman–Crippen MR) is 82.6 cm³/mol. The number of hydrogen-bond acceptors (Lipinski definition) is 1.